The maximum absolute atomic E-state index is 12.4. The first-order chi connectivity index (χ1) is 9.52. The summed E-state index contributed by atoms with van der Waals surface area (Å²) in [5.41, 5.74) is 3.44. The molecule has 2 aromatic rings. The summed E-state index contributed by atoms with van der Waals surface area (Å²) in [6.07, 6.45) is 0. The Labute approximate surface area is 119 Å². The molecule has 20 heavy (non-hydrogen) atoms. The number of hydrogen-bond acceptors (Lipinski definition) is 3. The molecule has 0 fully saturated rings. The van der Waals surface area contributed by atoms with Crippen LogP contribution in [-0.4, -0.2) is 13.0 Å². The molecule has 1 aromatic heterocycles. The number of carbonyl (C=O) groups is 1. The normalized spacial score (nSPS) is 10.6. The van der Waals surface area contributed by atoms with Crippen molar-refractivity contribution >= 4 is 11.6 Å². The second-order valence-corrected chi connectivity index (χ2v) is 4.90. The molecule has 2 rings (SSSR count). The molecule has 4 heteroatoms. The van der Waals surface area contributed by atoms with Gasteiger partial charge in [0.1, 0.15) is 11.5 Å². The number of hydrogen-bond donors (Lipinski definition) is 2. The van der Waals surface area contributed by atoms with E-state index in [0.29, 0.717) is 11.3 Å². The number of carbonyl (C=O) groups excluding carboxylic acids is 1. The predicted octanol–water partition coefficient (Wildman–Crippen LogP) is 3.18. The highest BCUT2D eigenvalue weighted by Crippen LogP contribution is 2.22. The maximum Gasteiger partial charge on any atom is 0.259 e. The molecular formula is C16H20N2O2. The Bertz CT molecular complexity index is 629. The Morgan fingerprint density at radius 3 is 2.55 bits per heavy atom. The molecule has 0 radical (unpaired) electrons. The smallest absolute Gasteiger partial charge is 0.259 e. The van der Waals surface area contributed by atoms with Gasteiger partial charge in [0.25, 0.3) is 5.91 Å². The number of anilines is 1. The Morgan fingerprint density at radius 2 is 1.95 bits per heavy atom. The number of rotatable bonds is 4. The van der Waals surface area contributed by atoms with Gasteiger partial charge in [-0.3, -0.25) is 4.79 Å². The highest BCUT2D eigenvalue weighted by atomic mass is 16.3. The van der Waals surface area contributed by atoms with E-state index in [4.69, 9.17) is 4.42 Å². The summed E-state index contributed by atoms with van der Waals surface area (Å²) in [4.78, 5) is 12.4. The summed E-state index contributed by atoms with van der Waals surface area (Å²) in [5, 5.41) is 6.02. The summed E-state index contributed by atoms with van der Waals surface area (Å²) >= 11 is 0. The van der Waals surface area contributed by atoms with Crippen molar-refractivity contribution < 1.29 is 9.21 Å². The maximum atomic E-state index is 12.4. The zero-order chi connectivity index (χ0) is 14.7. The van der Waals surface area contributed by atoms with E-state index >= 15 is 0 Å². The van der Waals surface area contributed by atoms with Gasteiger partial charge < -0.3 is 15.1 Å². The zero-order valence-corrected chi connectivity index (χ0v) is 12.3. The summed E-state index contributed by atoms with van der Waals surface area (Å²) in [6.45, 7) is 6.35. The first kappa shape index (κ1) is 14.3. The van der Waals surface area contributed by atoms with Crippen LogP contribution in [0.15, 0.2) is 28.7 Å². The molecule has 2 N–H and O–H groups in total. The van der Waals surface area contributed by atoms with E-state index in [0.717, 1.165) is 29.1 Å². The van der Waals surface area contributed by atoms with Crippen molar-refractivity contribution in [2.45, 2.75) is 27.3 Å². The van der Waals surface area contributed by atoms with Crippen LogP contribution in [0.4, 0.5) is 5.69 Å². The van der Waals surface area contributed by atoms with Crippen LogP contribution in [0.2, 0.25) is 0 Å². The molecule has 0 bridgehead atoms. The van der Waals surface area contributed by atoms with E-state index < -0.39 is 0 Å². The van der Waals surface area contributed by atoms with Crippen LogP contribution >= 0.6 is 0 Å². The van der Waals surface area contributed by atoms with Gasteiger partial charge in [0.05, 0.1) is 5.56 Å². The Morgan fingerprint density at radius 1 is 1.20 bits per heavy atom. The minimum atomic E-state index is -0.126. The number of nitrogens with one attached hydrogen (secondary N) is 2. The lowest BCUT2D eigenvalue weighted by atomic mass is 10.1. The lowest BCUT2D eigenvalue weighted by Gasteiger charge is -2.07. The number of amides is 1. The fourth-order valence-corrected chi connectivity index (χ4v) is 2.28. The van der Waals surface area contributed by atoms with E-state index in [1.807, 2.05) is 52.1 Å². The molecule has 1 heterocycles. The molecule has 1 amide bonds. The molecule has 0 saturated carbocycles. The SMILES string of the molecule is CNCc1cccc(NC(=O)c2c(C)oc(C)c2C)c1. The molecule has 0 aliphatic rings. The van der Waals surface area contributed by atoms with Crippen molar-refractivity contribution in [3.8, 4) is 0 Å². The average Bonchev–Trinajstić information content (AvgIpc) is 2.64. The largest absolute Gasteiger partial charge is 0.466 e. The van der Waals surface area contributed by atoms with Gasteiger partial charge in [0.2, 0.25) is 0 Å². The molecule has 1 aromatic carbocycles. The second kappa shape index (κ2) is 5.92. The van der Waals surface area contributed by atoms with Crippen LogP contribution in [0.5, 0.6) is 0 Å². The van der Waals surface area contributed by atoms with Crippen LogP contribution in [-0.2, 0) is 6.54 Å². The van der Waals surface area contributed by atoms with Crippen LogP contribution in [0.3, 0.4) is 0 Å². The number of furan rings is 1. The van der Waals surface area contributed by atoms with Gasteiger partial charge >= 0.3 is 0 Å². The van der Waals surface area contributed by atoms with Crippen molar-refractivity contribution in [3.63, 3.8) is 0 Å². The number of benzene rings is 1. The fraction of sp³-hybridized carbons (Fsp3) is 0.312. The Kier molecular flexibility index (Phi) is 4.25. The fourth-order valence-electron chi connectivity index (χ4n) is 2.28. The third-order valence-electron chi connectivity index (χ3n) is 3.35. The molecule has 0 aliphatic carbocycles. The summed E-state index contributed by atoms with van der Waals surface area (Å²) in [7, 11) is 1.90. The van der Waals surface area contributed by atoms with Gasteiger partial charge in [0.15, 0.2) is 0 Å². The highest BCUT2D eigenvalue weighted by molar-refractivity contribution is 6.06. The first-order valence-electron chi connectivity index (χ1n) is 6.64. The summed E-state index contributed by atoms with van der Waals surface area (Å²) in [6, 6.07) is 7.80. The molecule has 0 spiro atoms. The number of aryl methyl sites for hydroxylation is 2. The van der Waals surface area contributed by atoms with Crippen molar-refractivity contribution in [2.75, 3.05) is 12.4 Å². The molecule has 4 nitrogen and oxygen atoms in total. The van der Waals surface area contributed by atoms with Gasteiger partial charge in [-0.2, -0.15) is 0 Å². The average molecular weight is 272 g/mol. The predicted molar refractivity (Wildman–Crippen MR) is 80.1 cm³/mol. The minimum absolute atomic E-state index is 0.126. The first-order valence-corrected chi connectivity index (χ1v) is 6.64. The lowest BCUT2D eigenvalue weighted by Crippen LogP contribution is -2.14. The summed E-state index contributed by atoms with van der Waals surface area (Å²) in [5.74, 6) is 1.32. The minimum Gasteiger partial charge on any atom is -0.466 e. The van der Waals surface area contributed by atoms with Crippen LogP contribution in [0.1, 0.15) is 33.0 Å². The third-order valence-corrected chi connectivity index (χ3v) is 3.35. The van der Waals surface area contributed by atoms with Crippen LogP contribution in [0.25, 0.3) is 0 Å². The van der Waals surface area contributed by atoms with Gasteiger partial charge in [-0.05, 0) is 45.5 Å². The molecule has 106 valence electrons. The van der Waals surface area contributed by atoms with E-state index in [-0.39, 0.29) is 5.91 Å². The molecule has 0 unspecified atom stereocenters. The molecular weight excluding hydrogens is 252 g/mol. The van der Waals surface area contributed by atoms with Gasteiger partial charge in [0, 0.05) is 17.8 Å². The molecule has 0 saturated heterocycles. The van der Waals surface area contributed by atoms with Crippen molar-refractivity contribution in [1.29, 1.82) is 0 Å². The Hall–Kier alpha value is -2.07. The lowest BCUT2D eigenvalue weighted by molar-refractivity contribution is 0.102. The van der Waals surface area contributed by atoms with E-state index in [1.165, 1.54) is 0 Å². The van der Waals surface area contributed by atoms with Gasteiger partial charge in [-0.25, -0.2) is 0 Å². The second-order valence-electron chi connectivity index (χ2n) is 4.90. The van der Waals surface area contributed by atoms with Crippen molar-refractivity contribution in [3.05, 3.63) is 52.5 Å². The zero-order valence-electron chi connectivity index (χ0n) is 12.3. The van der Waals surface area contributed by atoms with Crippen LogP contribution < -0.4 is 10.6 Å². The summed E-state index contributed by atoms with van der Waals surface area (Å²) < 4.78 is 5.50. The quantitative estimate of drug-likeness (QED) is 0.898. The standard InChI is InChI=1S/C16H20N2O2/c1-10-11(2)20-12(3)15(10)16(19)18-14-7-5-6-13(8-14)9-17-4/h5-8,17H,9H2,1-4H3,(H,18,19). The monoisotopic (exact) mass is 272 g/mol. The van der Waals surface area contributed by atoms with Crippen LogP contribution in [0, 0.1) is 20.8 Å². The third kappa shape index (κ3) is 2.91. The van der Waals surface area contributed by atoms with Gasteiger partial charge in [-0.15, -0.1) is 0 Å². The molecule has 0 aliphatic heterocycles. The van der Waals surface area contributed by atoms with Crippen molar-refractivity contribution in [1.82, 2.24) is 5.32 Å². The van der Waals surface area contributed by atoms with E-state index in [2.05, 4.69) is 10.6 Å². The topological polar surface area (TPSA) is 54.3 Å². The Balaban J connectivity index is 2.21. The van der Waals surface area contributed by atoms with E-state index in [9.17, 15) is 4.79 Å². The van der Waals surface area contributed by atoms with Gasteiger partial charge in [-0.1, -0.05) is 12.1 Å². The van der Waals surface area contributed by atoms with E-state index in [1.54, 1.807) is 0 Å². The molecule has 0 atom stereocenters. The highest BCUT2D eigenvalue weighted by Gasteiger charge is 2.18. The van der Waals surface area contributed by atoms with Crippen molar-refractivity contribution in [2.24, 2.45) is 0 Å².